The lowest BCUT2D eigenvalue weighted by molar-refractivity contribution is -0.139. The molecule has 11 heteroatoms. The molecule has 0 saturated heterocycles. The van der Waals surface area contributed by atoms with E-state index in [1.807, 2.05) is 6.92 Å². The predicted molar refractivity (Wildman–Crippen MR) is 155 cm³/mol. The normalized spacial score (nSPS) is 11.8. The number of rotatable bonds is 13. The van der Waals surface area contributed by atoms with E-state index in [-0.39, 0.29) is 23.0 Å². The molecule has 3 aromatic rings. The van der Waals surface area contributed by atoms with Gasteiger partial charge >= 0.3 is 0 Å². The van der Waals surface area contributed by atoms with Gasteiger partial charge < -0.3 is 19.7 Å². The second-order valence-corrected chi connectivity index (χ2v) is 11.3. The van der Waals surface area contributed by atoms with Crippen LogP contribution in [-0.4, -0.2) is 58.5 Å². The third-order valence-corrected chi connectivity index (χ3v) is 8.25. The van der Waals surface area contributed by atoms with Crippen LogP contribution < -0.4 is 19.1 Å². The minimum Gasteiger partial charge on any atom is -0.493 e. The van der Waals surface area contributed by atoms with Crippen molar-refractivity contribution in [3.05, 3.63) is 83.4 Å². The molecule has 9 nitrogen and oxygen atoms in total. The molecule has 3 rings (SSSR count). The lowest BCUT2D eigenvalue weighted by Gasteiger charge is -2.32. The number of amides is 2. The highest BCUT2D eigenvalue weighted by atomic mass is 35.5. The van der Waals surface area contributed by atoms with Crippen LogP contribution in [0.15, 0.2) is 77.7 Å². The summed E-state index contributed by atoms with van der Waals surface area (Å²) in [6, 6.07) is 18.5. The first-order valence-electron chi connectivity index (χ1n) is 12.7. The number of nitrogens with zero attached hydrogens (tertiary/aromatic N) is 2. The fraction of sp³-hybridized carbons (Fsp3) is 0.310. The molecular formula is C29H34ClN3O6S. The Bertz CT molecular complexity index is 1420. The molecule has 0 fully saturated rings. The standard InChI is InChI=1S/C29H34ClN3O6S/c1-5-16-31-29(35)21(2)32(19-22-10-9-11-23(30)17-22)28(34)20-33(40(36,37)25-12-7-6-8-13-25)24-14-15-26(38-3)27(18-24)39-4/h6-15,17-18,21H,5,16,19-20H2,1-4H3,(H,31,35). The van der Waals surface area contributed by atoms with E-state index < -0.39 is 28.5 Å². The first kappa shape index (κ1) is 30.8. The molecule has 1 atom stereocenters. The number of halogens is 1. The Morgan fingerprint density at radius 3 is 2.27 bits per heavy atom. The molecule has 3 aromatic carbocycles. The van der Waals surface area contributed by atoms with Gasteiger partial charge in [0.15, 0.2) is 11.5 Å². The van der Waals surface area contributed by atoms with Gasteiger partial charge in [-0.3, -0.25) is 13.9 Å². The van der Waals surface area contributed by atoms with Gasteiger partial charge in [-0.2, -0.15) is 0 Å². The monoisotopic (exact) mass is 587 g/mol. The first-order valence-corrected chi connectivity index (χ1v) is 14.6. The van der Waals surface area contributed by atoms with Crippen molar-refractivity contribution in [2.45, 2.75) is 37.8 Å². The number of nitrogens with one attached hydrogen (secondary N) is 1. The molecule has 0 aromatic heterocycles. The maximum absolute atomic E-state index is 13.9. The molecule has 0 aliphatic heterocycles. The number of benzene rings is 3. The molecule has 1 N–H and O–H groups in total. The summed E-state index contributed by atoms with van der Waals surface area (Å²) in [5.74, 6) is -0.225. The highest BCUT2D eigenvalue weighted by Gasteiger charge is 2.33. The van der Waals surface area contributed by atoms with Gasteiger partial charge in [-0.15, -0.1) is 0 Å². The molecular weight excluding hydrogens is 554 g/mol. The van der Waals surface area contributed by atoms with Crippen LogP contribution in [0.3, 0.4) is 0 Å². The summed E-state index contributed by atoms with van der Waals surface area (Å²) in [6.07, 6.45) is 0.725. The van der Waals surface area contributed by atoms with E-state index in [1.54, 1.807) is 55.5 Å². The quantitative estimate of drug-likeness (QED) is 0.316. The summed E-state index contributed by atoms with van der Waals surface area (Å²) in [5.41, 5.74) is 0.889. The molecule has 0 aliphatic carbocycles. The SMILES string of the molecule is CCCNC(=O)C(C)N(Cc1cccc(Cl)c1)C(=O)CN(c1ccc(OC)c(OC)c1)S(=O)(=O)c1ccccc1. The van der Waals surface area contributed by atoms with Crippen molar-refractivity contribution >= 4 is 39.1 Å². The minimum atomic E-state index is -4.20. The van der Waals surface area contributed by atoms with Crippen molar-refractivity contribution in [3.8, 4) is 11.5 Å². The number of sulfonamides is 1. The molecule has 1 unspecified atom stereocenters. The Balaban J connectivity index is 2.06. The molecule has 0 saturated carbocycles. The van der Waals surface area contributed by atoms with E-state index in [0.29, 0.717) is 28.6 Å². The maximum Gasteiger partial charge on any atom is 0.264 e. The maximum atomic E-state index is 13.9. The molecule has 0 radical (unpaired) electrons. The number of anilines is 1. The minimum absolute atomic E-state index is 0.00714. The summed E-state index contributed by atoms with van der Waals surface area (Å²) in [4.78, 5) is 28.2. The van der Waals surface area contributed by atoms with E-state index >= 15 is 0 Å². The van der Waals surface area contributed by atoms with E-state index in [1.165, 1.54) is 43.4 Å². The molecule has 0 spiro atoms. The fourth-order valence-corrected chi connectivity index (χ4v) is 5.68. The highest BCUT2D eigenvalue weighted by molar-refractivity contribution is 7.92. The van der Waals surface area contributed by atoms with Crippen molar-refractivity contribution in [1.82, 2.24) is 10.2 Å². The molecule has 0 bridgehead atoms. The van der Waals surface area contributed by atoms with Crippen LogP contribution in [-0.2, 0) is 26.2 Å². The van der Waals surface area contributed by atoms with Gasteiger partial charge in [0.25, 0.3) is 10.0 Å². The zero-order valence-electron chi connectivity index (χ0n) is 23.0. The Morgan fingerprint density at radius 2 is 1.65 bits per heavy atom. The molecule has 214 valence electrons. The summed E-state index contributed by atoms with van der Waals surface area (Å²) < 4.78 is 39.5. The number of hydrogen-bond donors (Lipinski definition) is 1. The Morgan fingerprint density at radius 1 is 0.950 bits per heavy atom. The number of carbonyl (C=O) groups excluding carboxylic acids is 2. The van der Waals surface area contributed by atoms with Gasteiger partial charge in [-0.1, -0.05) is 48.9 Å². The van der Waals surface area contributed by atoms with Gasteiger partial charge in [-0.05, 0) is 55.3 Å². The summed E-state index contributed by atoms with van der Waals surface area (Å²) in [7, 11) is -1.29. The van der Waals surface area contributed by atoms with E-state index in [4.69, 9.17) is 21.1 Å². The largest absolute Gasteiger partial charge is 0.493 e. The summed E-state index contributed by atoms with van der Waals surface area (Å²) >= 11 is 6.17. The topological polar surface area (TPSA) is 105 Å². The van der Waals surface area contributed by atoms with Crippen LogP contribution in [0, 0.1) is 0 Å². The third-order valence-electron chi connectivity index (χ3n) is 6.22. The molecule has 40 heavy (non-hydrogen) atoms. The van der Waals surface area contributed by atoms with Crippen LogP contribution in [0.1, 0.15) is 25.8 Å². The van der Waals surface area contributed by atoms with Crippen molar-refractivity contribution in [2.75, 3.05) is 31.6 Å². The van der Waals surface area contributed by atoms with Gasteiger partial charge in [0.2, 0.25) is 11.8 Å². The number of methoxy groups -OCH3 is 2. The van der Waals surface area contributed by atoms with Crippen molar-refractivity contribution in [3.63, 3.8) is 0 Å². The van der Waals surface area contributed by atoms with Gasteiger partial charge in [0.05, 0.1) is 24.8 Å². The number of hydrogen-bond acceptors (Lipinski definition) is 6. The Hall–Kier alpha value is -3.76. The smallest absolute Gasteiger partial charge is 0.264 e. The van der Waals surface area contributed by atoms with Crippen LogP contribution >= 0.6 is 11.6 Å². The predicted octanol–water partition coefficient (Wildman–Crippen LogP) is 4.50. The van der Waals surface area contributed by atoms with Crippen LogP contribution in [0.4, 0.5) is 5.69 Å². The highest BCUT2D eigenvalue weighted by Crippen LogP contribution is 2.34. The zero-order valence-corrected chi connectivity index (χ0v) is 24.5. The molecule has 0 aliphatic rings. The van der Waals surface area contributed by atoms with E-state index in [0.717, 1.165) is 10.7 Å². The van der Waals surface area contributed by atoms with Crippen LogP contribution in [0.5, 0.6) is 11.5 Å². The summed E-state index contributed by atoms with van der Waals surface area (Å²) in [6.45, 7) is 3.46. The first-order chi connectivity index (χ1) is 19.1. The van der Waals surface area contributed by atoms with Crippen molar-refractivity contribution in [2.24, 2.45) is 0 Å². The summed E-state index contributed by atoms with van der Waals surface area (Å²) in [5, 5.41) is 3.29. The molecule has 2 amide bonds. The Labute approximate surface area is 240 Å². The average molecular weight is 588 g/mol. The number of ether oxygens (including phenoxy) is 2. The molecule has 0 heterocycles. The fourth-order valence-electron chi connectivity index (χ4n) is 4.04. The zero-order chi connectivity index (χ0) is 29.3. The van der Waals surface area contributed by atoms with Crippen LogP contribution in [0.25, 0.3) is 0 Å². The van der Waals surface area contributed by atoms with Gasteiger partial charge in [0, 0.05) is 24.2 Å². The van der Waals surface area contributed by atoms with Gasteiger partial charge in [0.1, 0.15) is 12.6 Å². The Kier molecular flexibility index (Phi) is 10.8. The van der Waals surface area contributed by atoms with Crippen molar-refractivity contribution in [1.29, 1.82) is 0 Å². The second kappa shape index (κ2) is 14.0. The van der Waals surface area contributed by atoms with Crippen LogP contribution in [0.2, 0.25) is 5.02 Å². The lowest BCUT2D eigenvalue weighted by atomic mass is 10.1. The van der Waals surface area contributed by atoms with E-state index in [2.05, 4.69) is 5.32 Å². The van der Waals surface area contributed by atoms with E-state index in [9.17, 15) is 18.0 Å². The van der Waals surface area contributed by atoms with Gasteiger partial charge in [-0.25, -0.2) is 8.42 Å². The lowest BCUT2D eigenvalue weighted by Crippen LogP contribution is -2.51. The second-order valence-electron chi connectivity index (χ2n) is 8.98. The third kappa shape index (κ3) is 7.45. The number of carbonyl (C=O) groups is 2. The van der Waals surface area contributed by atoms with Crippen molar-refractivity contribution < 1.29 is 27.5 Å². The average Bonchev–Trinajstić information content (AvgIpc) is 2.96.